The summed E-state index contributed by atoms with van der Waals surface area (Å²) in [6, 6.07) is 11.5. The van der Waals surface area contributed by atoms with Crippen LogP contribution < -0.4 is 0 Å². The number of para-hydroxylation sites is 1. The summed E-state index contributed by atoms with van der Waals surface area (Å²) in [5.74, 6) is -0.00828. The first-order chi connectivity index (χ1) is 11.6. The third-order valence-electron chi connectivity index (χ3n) is 4.00. The van der Waals surface area contributed by atoms with Gasteiger partial charge in [-0.25, -0.2) is 4.98 Å². The lowest BCUT2D eigenvalue weighted by Gasteiger charge is -2.23. The zero-order valence-electron chi connectivity index (χ0n) is 13.6. The zero-order chi connectivity index (χ0) is 17.1. The van der Waals surface area contributed by atoms with Crippen molar-refractivity contribution in [2.24, 2.45) is 0 Å². The van der Waals surface area contributed by atoms with Crippen molar-refractivity contribution in [2.45, 2.75) is 25.8 Å². The normalized spacial score (nSPS) is 12.2. The van der Waals surface area contributed by atoms with Gasteiger partial charge in [-0.15, -0.1) is 22.7 Å². The molecule has 0 aliphatic rings. The van der Waals surface area contributed by atoms with E-state index in [4.69, 9.17) is 0 Å². The van der Waals surface area contributed by atoms with Crippen LogP contribution in [-0.2, 0) is 4.79 Å². The lowest BCUT2D eigenvalue weighted by atomic mass is 10.1. The molecule has 0 fully saturated rings. The van der Waals surface area contributed by atoms with E-state index in [9.17, 15) is 9.59 Å². The zero-order valence-corrected chi connectivity index (χ0v) is 15.2. The standard InChI is InChI=1S/C18H18N2O2S2/c1-12(18-19-13-6-3-4-7-15(13)24-18)20(2)17(22)10-9-14(21)16-8-5-11-23-16/h3-8,11-12H,9-10H2,1-2H3/t12-/m0/s1. The molecule has 1 amide bonds. The Balaban J connectivity index is 1.63. The van der Waals surface area contributed by atoms with Crippen molar-refractivity contribution in [3.63, 3.8) is 0 Å². The van der Waals surface area contributed by atoms with Gasteiger partial charge < -0.3 is 4.90 Å². The van der Waals surface area contributed by atoms with Crippen molar-refractivity contribution in [3.05, 3.63) is 51.7 Å². The summed E-state index contributed by atoms with van der Waals surface area (Å²) < 4.78 is 1.12. The smallest absolute Gasteiger partial charge is 0.223 e. The van der Waals surface area contributed by atoms with Crippen LogP contribution in [0.3, 0.4) is 0 Å². The summed E-state index contributed by atoms with van der Waals surface area (Å²) in [6.07, 6.45) is 0.471. The van der Waals surface area contributed by atoms with Crippen LogP contribution in [0.2, 0.25) is 0 Å². The highest BCUT2D eigenvalue weighted by Gasteiger charge is 2.21. The maximum Gasteiger partial charge on any atom is 0.223 e. The van der Waals surface area contributed by atoms with Crippen LogP contribution in [0.5, 0.6) is 0 Å². The van der Waals surface area contributed by atoms with Crippen LogP contribution in [0.1, 0.15) is 40.5 Å². The molecule has 0 unspecified atom stereocenters. The molecule has 1 atom stereocenters. The molecule has 0 aliphatic heterocycles. The predicted octanol–water partition coefficient (Wildman–Crippen LogP) is 4.54. The molecule has 4 nitrogen and oxygen atoms in total. The Morgan fingerprint density at radius 2 is 1.96 bits per heavy atom. The van der Waals surface area contributed by atoms with Crippen LogP contribution >= 0.6 is 22.7 Å². The number of nitrogens with zero attached hydrogens (tertiary/aromatic N) is 2. The molecular formula is C18H18N2O2S2. The minimum absolute atomic E-state index is 0.0272. The maximum atomic E-state index is 12.4. The number of hydrogen-bond donors (Lipinski definition) is 0. The quantitative estimate of drug-likeness (QED) is 0.608. The average molecular weight is 358 g/mol. The summed E-state index contributed by atoms with van der Waals surface area (Å²) in [7, 11) is 1.77. The molecule has 124 valence electrons. The highest BCUT2D eigenvalue weighted by molar-refractivity contribution is 7.18. The van der Waals surface area contributed by atoms with Gasteiger partial charge in [0.05, 0.1) is 21.1 Å². The van der Waals surface area contributed by atoms with E-state index in [0.717, 1.165) is 15.2 Å². The lowest BCUT2D eigenvalue weighted by Crippen LogP contribution is -2.29. The molecule has 0 radical (unpaired) electrons. The highest BCUT2D eigenvalue weighted by Crippen LogP contribution is 2.29. The van der Waals surface area contributed by atoms with Crippen molar-refractivity contribution < 1.29 is 9.59 Å². The van der Waals surface area contributed by atoms with Crippen LogP contribution in [0.15, 0.2) is 41.8 Å². The first-order valence-electron chi connectivity index (χ1n) is 7.74. The summed E-state index contributed by atoms with van der Waals surface area (Å²) in [5.41, 5.74) is 0.957. The molecule has 6 heteroatoms. The van der Waals surface area contributed by atoms with Gasteiger partial charge in [0.15, 0.2) is 5.78 Å². The molecule has 0 spiro atoms. The number of ketones is 1. The van der Waals surface area contributed by atoms with Crippen molar-refractivity contribution in [2.75, 3.05) is 7.05 Å². The van der Waals surface area contributed by atoms with Gasteiger partial charge >= 0.3 is 0 Å². The van der Waals surface area contributed by atoms with Gasteiger partial charge in [0.2, 0.25) is 5.91 Å². The molecule has 0 bridgehead atoms. The van der Waals surface area contributed by atoms with Crippen molar-refractivity contribution in [1.29, 1.82) is 0 Å². The summed E-state index contributed by atoms with van der Waals surface area (Å²) >= 11 is 3.02. The number of thiazole rings is 1. The average Bonchev–Trinajstić information content (AvgIpc) is 3.26. The first-order valence-corrected chi connectivity index (χ1v) is 9.43. The monoisotopic (exact) mass is 358 g/mol. The Morgan fingerprint density at radius 1 is 1.17 bits per heavy atom. The molecule has 2 aromatic heterocycles. The van der Waals surface area contributed by atoms with E-state index in [0.29, 0.717) is 4.88 Å². The third-order valence-corrected chi connectivity index (χ3v) is 6.12. The largest absolute Gasteiger partial charge is 0.337 e. The second-order valence-corrected chi connectivity index (χ2v) is 7.61. The van der Waals surface area contributed by atoms with E-state index in [1.165, 1.54) is 11.3 Å². The van der Waals surface area contributed by atoms with E-state index < -0.39 is 0 Å². The molecule has 2 heterocycles. The summed E-state index contributed by atoms with van der Waals surface area (Å²) in [6.45, 7) is 1.97. The third kappa shape index (κ3) is 3.55. The van der Waals surface area contributed by atoms with Crippen molar-refractivity contribution in [1.82, 2.24) is 9.88 Å². The van der Waals surface area contributed by atoms with Crippen molar-refractivity contribution >= 4 is 44.6 Å². The Labute approximate surface area is 148 Å². The number of thiophene rings is 1. The van der Waals surface area contributed by atoms with Gasteiger partial charge in [0.1, 0.15) is 5.01 Å². The van der Waals surface area contributed by atoms with E-state index in [2.05, 4.69) is 4.98 Å². The molecule has 24 heavy (non-hydrogen) atoms. The van der Waals surface area contributed by atoms with Crippen LogP contribution in [0.4, 0.5) is 0 Å². The number of rotatable bonds is 6. The minimum Gasteiger partial charge on any atom is -0.337 e. The van der Waals surface area contributed by atoms with Crippen LogP contribution in [-0.4, -0.2) is 28.6 Å². The molecule has 3 rings (SSSR count). The predicted molar refractivity (Wildman–Crippen MR) is 98.7 cm³/mol. The number of benzene rings is 1. The number of hydrogen-bond acceptors (Lipinski definition) is 5. The van der Waals surface area contributed by atoms with Gasteiger partial charge in [-0.05, 0) is 30.5 Å². The lowest BCUT2D eigenvalue weighted by molar-refractivity contribution is -0.131. The van der Waals surface area contributed by atoms with E-state index in [1.807, 2.05) is 42.6 Å². The fourth-order valence-electron chi connectivity index (χ4n) is 2.41. The molecule has 0 N–H and O–H groups in total. The second-order valence-electron chi connectivity index (χ2n) is 5.60. The topological polar surface area (TPSA) is 50.3 Å². The fourth-order valence-corrected chi connectivity index (χ4v) is 4.16. The molecular weight excluding hydrogens is 340 g/mol. The number of carbonyl (C=O) groups excluding carboxylic acids is 2. The second kappa shape index (κ2) is 7.23. The SMILES string of the molecule is C[C@@H](c1nc2ccccc2s1)N(C)C(=O)CCC(=O)c1cccs1. The van der Waals surface area contributed by atoms with Crippen LogP contribution in [0.25, 0.3) is 10.2 Å². The molecule has 0 saturated carbocycles. The van der Waals surface area contributed by atoms with Crippen molar-refractivity contribution in [3.8, 4) is 0 Å². The summed E-state index contributed by atoms with van der Waals surface area (Å²) in [4.78, 5) is 31.4. The fraction of sp³-hybridized carbons (Fsp3) is 0.278. The van der Waals surface area contributed by atoms with Crippen LogP contribution in [0, 0.1) is 0 Å². The molecule has 0 saturated heterocycles. The van der Waals surface area contributed by atoms with Gasteiger partial charge in [-0.1, -0.05) is 18.2 Å². The maximum absolute atomic E-state index is 12.4. The Kier molecular flexibility index (Phi) is 5.06. The van der Waals surface area contributed by atoms with E-state index in [1.54, 1.807) is 29.4 Å². The highest BCUT2D eigenvalue weighted by atomic mass is 32.1. The van der Waals surface area contributed by atoms with Gasteiger partial charge in [0, 0.05) is 19.9 Å². The molecule has 0 aliphatic carbocycles. The van der Waals surface area contributed by atoms with Gasteiger partial charge in [-0.3, -0.25) is 9.59 Å². The molecule has 3 aromatic rings. The van der Waals surface area contributed by atoms with E-state index >= 15 is 0 Å². The van der Waals surface area contributed by atoms with E-state index in [-0.39, 0.29) is 30.6 Å². The number of carbonyl (C=O) groups is 2. The Hall–Kier alpha value is -2.05. The minimum atomic E-state index is -0.105. The Morgan fingerprint density at radius 3 is 2.67 bits per heavy atom. The number of fused-ring (bicyclic) bond motifs is 1. The first kappa shape index (κ1) is 16.8. The summed E-state index contributed by atoms with van der Waals surface area (Å²) in [5, 5.41) is 2.78. The van der Waals surface area contributed by atoms with Gasteiger partial charge in [0.25, 0.3) is 0 Å². The number of Topliss-reactive ketones (excluding diaryl/α,β-unsaturated/α-hetero) is 1. The Bertz CT molecular complexity index is 822. The van der Waals surface area contributed by atoms with Gasteiger partial charge in [-0.2, -0.15) is 0 Å². The number of aromatic nitrogens is 1. The molecule has 1 aromatic carbocycles. The number of amides is 1.